The summed E-state index contributed by atoms with van der Waals surface area (Å²) in [5.74, 6) is -4.37. The van der Waals surface area contributed by atoms with E-state index in [1.165, 1.54) is 29.6 Å². The molecule has 0 saturated carbocycles. The molecule has 0 aliphatic carbocycles. The average Bonchev–Trinajstić information content (AvgIpc) is 3.63. The number of nitriles is 1. The second-order valence-corrected chi connectivity index (χ2v) is 11.1. The Morgan fingerprint density at radius 1 is 0.935 bits per heavy atom. The van der Waals surface area contributed by atoms with Crippen LogP contribution in [0, 0.1) is 11.3 Å². The zero-order chi connectivity index (χ0) is 33.1. The number of hydrogen-bond acceptors (Lipinski definition) is 8. The van der Waals surface area contributed by atoms with Gasteiger partial charge < -0.3 is 19.5 Å². The number of carbonyl (C=O) groups excluding carboxylic acids is 1. The summed E-state index contributed by atoms with van der Waals surface area (Å²) in [6.07, 6.45) is 2.44. The van der Waals surface area contributed by atoms with Crippen LogP contribution in [0.1, 0.15) is 11.8 Å². The molecule has 232 valence electrons. The quantitative estimate of drug-likeness (QED) is 0.172. The maximum Gasteiger partial charge on any atom is 0.353 e. The highest BCUT2D eigenvalue weighted by Gasteiger charge is 2.22. The predicted octanol–water partition coefficient (Wildman–Crippen LogP) is 2.27. The first-order chi connectivity index (χ1) is 22.1. The minimum atomic E-state index is -1.54. The van der Waals surface area contributed by atoms with E-state index in [9.17, 15) is 39.4 Å². The molecule has 0 amide bonds. The minimum Gasteiger partial charge on any atom is -0.480 e. The number of benzene rings is 2. The molecule has 3 heterocycles. The minimum absolute atomic E-state index is 0.337. The first-order valence-electron chi connectivity index (χ1n) is 13.9. The Hall–Kier alpha value is -6.00. The van der Waals surface area contributed by atoms with Crippen molar-refractivity contribution in [3.63, 3.8) is 0 Å². The molecule has 0 fully saturated rings. The maximum absolute atomic E-state index is 13.6. The number of esters is 1. The van der Waals surface area contributed by atoms with Gasteiger partial charge in [-0.15, -0.1) is 11.3 Å². The molecule has 0 aliphatic rings. The van der Waals surface area contributed by atoms with Gasteiger partial charge in [0.1, 0.15) is 36.5 Å². The molecule has 0 aliphatic heterocycles. The molecular formula is C33H26N4O8S. The number of hydrogen-bond donors (Lipinski definition) is 2. The number of carboxylic acid groups (broad SMARTS) is 2. The molecule has 0 atom stereocenters. The number of aryl methyl sites for hydroxylation is 1. The van der Waals surface area contributed by atoms with E-state index in [1.54, 1.807) is 6.07 Å². The van der Waals surface area contributed by atoms with E-state index >= 15 is 0 Å². The van der Waals surface area contributed by atoms with E-state index in [0.29, 0.717) is 14.0 Å². The molecular weight excluding hydrogens is 612 g/mol. The van der Waals surface area contributed by atoms with Gasteiger partial charge in [-0.1, -0.05) is 36.9 Å². The summed E-state index contributed by atoms with van der Waals surface area (Å²) in [5.41, 5.74) is -0.876. The smallest absolute Gasteiger partial charge is 0.353 e. The van der Waals surface area contributed by atoms with Crippen LogP contribution in [0.4, 0.5) is 0 Å². The Morgan fingerprint density at radius 2 is 1.59 bits per heavy atom. The highest BCUT2D eigenvalue weighted by Crippen LogP contribution is 2.35. The normalized spacial score (nSPS) is 10.9. The third kappa shape index (κ3) is 5.76. The van der Waals surface area contributed by atoms with Gasteiger partial charge in [-0.05, 0) is 48.9 Å². The van der Waals surface area contributed by atoms with Crippen LogP contribution in [-0.2, 0) is 38.8 Å². The van der Waals surface area contributed by atoms with Gasteiger partial charge in [0.25, 0.3) is 11.1 Å². The van der Waals surface area contributed by atoms with Crippen molar-refractivity contribution in [3.8, 4) is 16.5 Å². The van der Waals surface area contributed by atoms with E-state index in [0.717, 1.165) is 38.8 Å². The van der Waals surface area contributed by atoms with Crippen LogP contribution >= 0.6 is 11.3 Å². The summed E-state index contributed by atoms with van der Waals surface area (Å²) in [4.78, 5) is 64.8. The number of nitrogens with zero attached hydrogens (tertiary/aromatic N) is 4. The Morgan fingerprint density at radius 3 is 2.20 bits per heavy atom. The summed E-state index contributed by atoms with van der Waals surface area (Å²) in [5, 5.41) is 30.5. The summed E-state index contributed by atoms with van der Waals surface area (Å²) < 4.78 is 8.13. The zero-order valence-electron chi connectivity index (χ0n) is 24.4. The average molecular weight is 639 g/mol. The van der Waals surface area contributed by atoms with Gasteiger partial charge in [0, 0.05) is 38.1 Å². The first-order valence-corrected chi connectivity index (χ1v) is 14.7. The fourth-order valence-corrected chi connectivity index (χ4v) is 6.29. The molecule has 0 spiro atoms. The van der Waals surface area contributed by atoms with Crippen molar-refractivity contribution in [1.82, 2.24) is 13.7 Å². The zero-order valence-corrected chi connectivity index (χ0v) is 25.2. The lowest BCUT2D eigenvalue weighted by Gasteiger charge is -2.12. The van der Waals surface area contributed by atoms with Crippen LogP contribution in [-0.4, -0.2) is 48.4 Å². The van der Waals surface area contributed by atoms with Crippen molar-refractivity contribution in [2.75, 3.05) is 6.61 Å². The van der Waals surface area contributed by atoms with Crippen LogP contribution in [0.2, 0.25) is 0 Å². The van der Waals surface area contributed by atoms with Crippen LogP contribution in [0.15, 0.2) is 76.8 Å². The van der Waals surface area contributed by atoms with E-state index in [4.69, 9.17) is 4.74 Å². The number of fused-ring (bicyclic) bond motifs is 3. The largest absolute Gasteiger partial charge is 0.480 e. The van der Waals surface area contributed by atoms with E-state index in [2.05, 4.69) is 36.3 Å². The summed E-state index contributed by atoms with van der Waals surface area (Å²) >= 11 is 1.26. The molecule has 2 aromatic carbocycles. The number of carboxylic acids is 2. The molecule has 0 bridgehead atoms. The van der Waals surface area contributed by atoms with E-state index < -0.39 is 58.4 Å². The van der Waals surface area contributed by atoms with Crippen molar-refractivity contribution < 1.29 is 29.3 Å². The van der Waals surface area contributed by atoms with Gasteiger partial charge >= 0.3 is 17.9 Å². The molecule has 13 heteroatoms. The molecule has 0 saturated heterocycles. The molecule has 12 nitrogen and oxygen atoms in total. The van der Waals surface area contributed by atoms with Gasteiger partial charge in [0.05, 0.1) is 0 Å². The van der Waals surface area contributed by atoms with Gasteiger partial charge in [-0.25, -0.2) is 4.79 Å². The topological polar surface area (TPSA) is 174 Å². The second-order valence-electron chi connectivity index (χ2n) is 10.0. The standard InChI is InChI=1S/C33H26N4O8S/c1-3-13-45-33(44)24(16-34)30-36(17-28(38)39)31(42)23(32(43)37(30)18-29(40)41)15-20-10-12-27(46-20)19-9-11-26-22(14-19)21-7-5-6-8-25(21)35(26)4-2/h3,5-12,14-15H,1,4,13,17-18H2,2H3,(H,38,39)(H,40,41). The number of aliphatic carboxylic acids is 2. The van der Waals surface area contributed by atoms with Crippen molar-refractivity contribution in [2.24, 2.45) is 0 Å². The fraction of sp³-hybridized carbons (Fsp3) is 0.152. The summed E-state index contributed by atoms with van der Waals surface area (Å²) in [6.45, 7) is 3.79. The van der Waals surface area contributed by atoms with Crippen molar-refractivity contribution in [3.05, 3.63) is 104 Å². The maximum atomic E-state index is 13.6. The fourth-order valence-electron chi connectivity index (χ4n) is 5.35. The Balaban J connectivity index is 1.73. The lowest BCUT2D eigenvalue weighted by Crippen LogP contribution is -2.60. The number of aromatic nitrogens is 3. The lowest BCUT2D eigenvalue weighted by atomic mass is 10.1. The van der Waals surface area contributed by atoms with Gasteiger partial charge in [-0.3, -0.25) is 28.3 Å². The number of rotatable bonds is 10. The van der Waals surface area contributed by atoms with Crippen LogP contribution in [0.3, 0.4) is 0 Å². The Labute approximate surface area is 263 Å². The summed E-state index contributed by atoms with van der Waals surface area (Å²) in [6, 6.07) is 19.2. The Kier molecular flexibility index (Phi) is 8.83. The molecule has 46 heavy (non-hydrogen) atoms. The highest BCUT2D eigenvalue weighted by atomic mass is 32.1. The predicted molar refractivity (Wildman–Crippen MR) is 172 cm³/mol. The molecule has 3 aromatic heterocycles. The van der Waals surface area contributed by atoms with E-state index in [1.807, 2.05) is 30.3 Å². The van der Waals surface area contributed by atoms with Crippen molar-refractivity contribution in [2.45, 2.75) is 26.6 Å². The molecule has 2 N–H and O–H groups in total. The third-order valence-electron chi connectivity index (χ3n) is 7.21. The molecule has 0 unspecified atom stereocenters. The highest BCUT2D eigenvalue weighted by molar-refractivity contribution is 7.16. The number of para-hydroxylation sites is 1. The number of carbonyl (C=O) groups is 3. The van der Waals surface area contributed by atoms with E-state index in [-0.39, 0.29) is 6.61 Å². The van der Waals surface area contributed by atoms with Crippen LogP contribution in [0.5, 0.6) is 0 Å². The Bertz CT molecular complexity index is 2310. The van der Waals surface area contributed by atoms with Gasteiger partial charge in [0.15, 0.2) is 5.57 Å². The lowest BCUT2D eigenvalue weighted by molar-refractivity contribution is -0.138. The van der Waals surface area contributed by atoms with Crippen molar-refractivity contribution >= 4 is 62.7 Å². The molecule has 5 rings (SSSR count). The first kappa shape index (κ1) is 31.4. The number of ether oxygens (including phenoxy) is 1. The summed E-state index contributed by atoms with van der Waals surface area (Å²) in [7, 11) is 0. The monoisotopic (exact) mass is 638 g/mol. The van der Waals surface area contributed by atoms with Crippen LogP contribution < -0.4 is 21.8 Å². The molecule has 5 aromatic rings. The second kappa shape index (κ2) is 12.9. The van der Waals surface area contributed by atoms with Gasteiger partial charge in [-0.2, -0.15) is 5.26 Å². The number of thiophene rings is 1. The van der Waals surface area contributed by atoms with Crippen molar-refractivity contribution in [1.29, 1.82) is 5.26 Å². The van der Waals surface area contributed by atoms with Crippen LogP contribution in [0.25, 0.3) is 43.9 Å². The SMILES string of the molecule is C=CCOC(=O)C(C#N)=c1n(CC(=O)O)c(=O)c(=Cc2ccc(-c3ccc4c(c3)c3ccccc3n4CC)s2)c(=O)n1CC(=O)O. The third-order valence-corrected chi connectivity index (χ3v) is 8.29. The van der Waals surface area contributed by atoms with Gasteiger partial charge in [0.2, 0.25) is 0 Å². The molecule has 0 radical (unpaired) electrons.